The summed E-state index contributed by atoms with van der Waals surface area (Å²) in [6.45, 7) is 6.25. The normalized spacial score (nSPS) is 25.1. The van der Waals surface area contributed by atoms with E-state index in [0.29, 0.717) is 6.10 Å². The van der Waals surface area contributed by atoms with Crippen LogP contribution in [0, 0.1) is 0 Å². The van der Waals surface area contributed by atoms with Gasteiger partial charge < -0.3 is 10.1 Å². The summed E-state index contributed by atoms with van der Waals surface area (Å²) in [4.78, 5) is 4.63. The van der Waals surface area contributed by atoms with Crippen LogP contribution in [0.1, 0.15) is 49.9 Å². The lowest BCUT2D eigenvalue weighted by Crippen LogP contribution is -2.14. The Hall–Kier alpha value is -0.450. The zero-order valence-corrected chi connectivity index (χ0v) is 10.8. The molecule has 1 aromatic rings. The van der Waals surface area contributed by atoms with Crippen LogP contribution in [0.2, 0.25) is 0 Å². The second-order valence-electron chi connectivity index (χ2n) is 4.37. The molecule has 0 amide bonds. The van der Waals surface area contributed by atoms with Crippen LogP contribution in [0.25, 0.3) is 0 Å². The van der Waals surface area contributed by atoms with Crippen LogP contribution in [0.3, 0.4) is 0 Å². The third kappa shape index (κ3) is 3.03. The van der Waals surface area contributed by atoms with Crippen molar-refractivity contribution in [2.45, 2.75) is 51.9 Å². The molecule has 1 aliphatic heterocycles. The molecule has 1 N–H and O–H groups in total. The first-order valence-electron chi connectivity index (χ1n) is 6.10. The number of nitrogens with one attached hydrogen (secondary N) is 1. The van der Waals surface area contributed by atoms with Crippen molar-refractivity contribution in [2.75, 3.05) is 6.54 Å². The first-order valence-corrected chi connectivity index (χ1v) is 6.98. The molecule has 2 heterocycles. The molecule has 0 saturated carbocycles. The minimum absolute atomic E-state index is 0.250. The predicted octanol–water partition coefficient (Wildman–Crippen LogP) is 2.88. The molecular formula is C12H20N2OS. The van der Waals surface area contributed by atoms with Gasteiger partial charge in [-0.05, 0) is 32.7 Å². The molecule has 90 valence electrons. The van der Waals surface area contributed by atoms with Crippen molar-refractivity contribution >= 4 is 11.3 Å². The molecule has 4 heteroatoms. The molecule has 0 spiro atoms. The van der Waals surface area contributed by atoms with E-state index in [1.807, 2.05) is 0 Å². The van der Waals surface area contributed by atoms with Gasteiger partial charge in [0.2, 0.25) is 0 Å². The lowest BCUT2D eigenvalue weighted by Gasteiger charge is -2.06. The van der Waals surface area contributed by atoms with Crippen molar-refractivity contribution in [1.29, 1.82) is 0 Å². The van der Waals surface area contributed by atoms with Gasteiger partial charge in [0, 0.05) is 11.9 Å². The van der Waals surface area contributed by atoms with Gasteiger partial charge in [-0.15, -0.1) is 11.3 Å². The summed E-state index contributed by atoms with van der Waals surface area (Å²) in [5.41, 5.74) is 1.15. The van der Waals surface area contributed by atoms with E-state index in [0.717, 1.165) is 36.6 Å². The van der Waals surface area contributed by atoms with Crippen molar-refractivity contribution < 1.29 is 4.74 Å². The summed E-state index contributed by atoms with van der Waals surface area (Å²) in [5.74, 6) is 0. The minimum atomic E-state index is 0.250. The highest BCUT2D eigenvalue weighted by Gasteiger charge is 2.25. The predicted molar refractivity (Wildman–Crippen MR) is 66.6 cm³/mol. The molecule has 1 aromatic heterocycles. The highest BCUT2D eigenvalue weighted by Crippen LogP contribution is 2.33. The van der Waals surface area contributed by atoms with Crippen molar-refractivity contribution in [2.24, 2.45) is 0 Å². The topological polar surface area (TPSA) is 34.1 Å². The van der Waals surface area contributed by atoms with E-state index in [4.69, 9.17) is 4.74 Å². The fourth-order valence-corrected chi connectivity index (χ4v) is 2.82. The van der Waals surface area contributed by atoms with E-state index in [-0.39, 0.29) is 6.10 Å². The molecule has 0 bridgehead atoms. The van der Waals surface area contributed by atoms with Gasteiger partial charge in [0.1, 0.15) is 11.1 Å². The fraction of sp³-hybridized carbons (Fsp3) is 0.750. The smallest absolute Gasteiger partial charge is 0.122 e. The Kier molecular flexibility index (Phi) is 4.32. The highest BCUT2D eigenvalue weighted by atomic mass is 32.1. The molecule has 2 rings (SSSR count). The maximum absolute atomic E-state index is 5.81. The standard InChI is InChI=1S/C12H20N2OS/c1-3-6-13-7-10-8-16-12(14-10)11-5-4-9(2)15-11/h8-9,11,13H,3-7H2,1-2H3. The first-order chi connectivity index (χ1) is 7.79. The Balaban J connectivity index is 1.87. The molecule has 16 heavy (non-hydrogen) atoms. The summed E-state index contributed by atoms with van der Waals surface area (Å²) >= 11 is 1.73. The average Bonchev–Trinajstić information content (AvgIpc) is 2.87. The molecular weight excluding hydrogens is 220 g/mol. The summed E-state index contributed by atoms with van der Waals surface area (Å²) in [6, 6.07) is 0. The Morgan fingerprint density at radius 2 is 2.44 bits per heavy atom. The van der Waals surface area contributed by atoms with E-state index in [1.165, 1.54) is 6.42 Å². The zero-order valence-electron chi connectivity index (χ0n) is 10.0. The summed E-state index contributed by atoms with van der Waals surface area (Å²) in [6.07, 6.45) is 4.10. The molecule has 0 aromatic carbocycles. The monoisotopic (exact) mass is 240 g/mol. The highest BCUT2D eigenvalue weighted by molar-refractivity contribution is 7.09. The van der Waals surface area contributed by atoms with Crippen molar-refractivity contribution in [3.63, 3.8) is 0 Å². The number of hydrogen-bond acceptors (Lipinski definition) is 4. The molecule has 3 nitrogen and oxygen atoms in total. The Morgan fingerprint density at radius 3 is 3.12 bits per heavy atom. The van der Waals surface area contributed by atoms with Gasteiger partial charge in [-0.25, -0.2) is 4.98 Å². The van der Waals surface area contributed by atoms with E-state index in [2.05, 4.69) is 29.5 Å². The number of nitrogens with zero attached hydrogens (tertiary/aromatic N) is 1. The van der Waals surface area contributed by atoms with Gasteiger partial charge in [0.15, 0.2) is 0 Å². The van der Waals surface area contributed by atoms with Crippen LogP contribution in [-0.4, -0.2) is 17.6 Å². The lowest BCUT2D eigenvalue weighted by atomic mass is 10.2. The minimum Gasteiger partial charge on any atom is -0.368 e. The molecule has 1 aliphatic rings. The molecule has 2 atom stereocenters. The van der Waals surface area contributed by atoms with E-state index >= 15 is 0 Å². The van der Waals surface area contributed by atoms with Crippen LogP contribution < -0.4 is 5.32 Å². The maximum atomic E-state index is 5.81. The van der Waals surface area contributed by atoms with Crippen molar-refractivity contribution in [3.05, 3.63) is 16.1 Å². The number of rotatable bonds is 5. The van der Waals surface area contributed by atoms with Gasteiger partial charge in [-0.1, -0.05) is 6.92 Å². The molecule has 1 fully saturated rings. The van der Waals surface area contributed by atoms with Crippen LogP contribution in [0.5, 0.6) is 0 Å². The number of aromatic nitrogens is 1. The Labute approximate surface area is 101 Å². The van der Waals surface area contributed by atoms with E-state index in [1.54, 1.807) is 11.3 Å². The molecule has 0 aliphatic carbocycles. The summed E-state index contributed by atoms with van der Waals surface area (Å²) < 4.78 is 5.81. The third-order valence-corrected chi connectivity index (χ3v) is 3.80. The number of ether oxygens (including phenoxy) is 1. The maximum Gasteiger partial charge on any atom is 0.122 e. The van der Waals surface area contributed by atoms with Gasteiger partial charge >= 0.3 is 0 Å². The van der Waals surface area contributed by atoms with Gasteiger partial charge in [-0.3, -0.25) is 0 Å². The second kappa shape index (κ2) is 5.75. The van der Waals surface area contributed by atoms with Crippen LogP contribution in [0.15, 0.2) is 5.38 Å². The van der Waals surface area contributed by atoms with Gasteiger partial charge in [0.05, 0.1) is 11.8 Å². The Morgan fingerprint density at radius 1 is 1.56 bits per heavy atom. The van der Waals surface area contributed by atoms with Crippen molar-refractivity contribution in [3.8, 4) is 0 Å². The summed E-state index contributed by atoms with van der Waals surface area (Å²) in [7, 11) is 0. The fourth-order valence-electron chi connectivity index (χ4n) is 1.93. The molecule has 0 radical (unpaired) electrons. The molecule has 1 saturated heterocycles. The largest absolute Gasteiger partial charge is 0.368 e. The van der Waals surface area contributed by atoms with Crippen LogP contribution in [-0.2, 0) is 11.3 Å². The SMILES string of the molecule is CCCNCc1csc(C2CCC(C)O2)n1. The third-order valence-electron chi connectivity index (χ3n) is 2.81. The van der Waals surface area contributed by atoms with E-state index in [9.17, 15) is 0 Å². The number of thiazole rings is 1. The summed E-state index contributed by atoms with van der Waals surface area (Å²) in [5, 5.41) is 6.66. The quantitative estimate of drug-likeness (QED) is 0.804. The Bertz CT molecular complexity index is 327. The second-order valence-corrected chi connectivity index (χ2v) is 5.26. The molecule has 2 unspecified atom stereocenters. The van der Waals surface area contributed by atoms with Crippen LogP contribution >= 0.6 is 11.3 Å². The van der Waals surface area contributed by atoms with Gasteiger partial charge in [-0.2, -0.15) is 0 Å². The first kappa shape index (κ1) is 12.0. The number of hydrogen-bond donors (Lipinski definition) is 1. The van der Waals surface area contributed by atoms with Gasteiger partial charge in [0.25, 0.3) is 0 Å². The average molecular weight is 240 g/mol. The zero-order chi connectivity index (χ0) is 11.4. The van der Waals surface area contributed by atoms with E-state index < -0.39 is 0 Å². The van der Waals surface area contributed by atoms with Crippen LogP contribution in [0.4, 0.5) is 0 Å². The van der Waals surface area contributed by atoms with Crippen molar-refractivity contribution in [1.82, 2.24) is 10.3 Å². The lowest BCUT2D eigenvalue weighted by molar-refractivity contribution is 0.0553.